The van der Waals surface area contributed by atoms with Crippen molar-refractivity contribution >= 4 is 5.97 Å². The number of carbonyl (C=O) groups excluding carboxylic acids is 1. The lowest BCUT2D eigenvalue weighted by Gasteiger charge is -2.25. The standard InChI is InChI=1S/C30H48O4/c1-11-15-25(13-3)30(32)34-28(21(5)6)18-17-22(7)19-24(9)29(33-10)26(14-4)20-23(8)27(31)16-12-2/h11-12,15,17,19-21,26-29,31H,1-2,13-14,16,18H2,3-10H3/b22-17+,23-20-,24-19+,25-15+/t26-,27-,28-,29-/m0/s1. The van der Waals surface area contributed by atoms with E-state index in [1.54, 1.807) is 25.3 Å². The Bertz CT molecular complexity index is 767. The van der Waals surface area contributed by atoms with Crippen LogP contribution >= 0.6 is 0 Å². The Morgan fingerprint density at radius 2 is 1.71 bits per heavy atom. The Balaban J connectivity index is 5.55. The lowest BCUT2D eigenvalue weighted by atomic mass is 9.89. The molecule has 1 N–H and O–H groups in total. The summed E-state index contributed by atoms with van der Waals surface area (Å²) in [5, 5.41) is 10.3. The molecule has 0 radical (unpaired) electrons. The summed E-state index contributed by atoms with van der Waals surface area (Å²) in [6, 6.07) is 0. The number of hydrogen-bond acceptors (Lipinski definition) is 4. The maximum absolute atomic E-state index is 12.5. The zero-order valence-electron chi connectivity index (χ0n) is 22.8. The van der Waals surface area contributed by atoms with Crippen LogP contribution in [0, 0.1) is 11.8 Å². The number of carbonyl (C=O) groups is 1. The van der Waals surface area contributed by atoms with Crippen molar-refractivity contribution in [1.29, 1.82) is 0 Å². The van der Waals surface area contributed by atoms with Gasteiger partial charge in [-0.05, 0) is 57.1 Å². The summed E-state index contributed by atoms with van der Waals surface area (Å²) in [4.78, 5) is 12.5. The molecule has 0 aromatic carbocycles. The number of esters is 1. The SMILES string of the molecule is C=C/C=C(\CC)C(=O)O[C@@H](C/C=C(C)/C=C(\C)[C@H](OC)[C@H](/C=C(/C)[C@@H](O)CC=C)CC)C(C)C. The van der Waals surface area contributed by atoms with Gasteiger partial charge in [-0.1, -0.05) is 76.3 Å². The molecule has 0 aliphatic carbocycles. The van der Waals surface area contributed by atoms with Crippen LogP contribution < -0.4 is 0 Å². The van der Waals surface area contributed by atoms with Gasteiger partial charge in [0.25, 0.3) is 0 Å². The number of aliphatic hydroxyl groups excluding tert-OH is 1. The van der Waals surface area contributed by atoms with Crippen molar-refractivity contribution in [2.24, 2.45) is 11.8 Å². The first-order valence-corrected chi connectivity index (χ1v) is 12.4. The van der Waals surface area contributed by atoms with Crippen LogP contribution in [-0.2, 0) is 14.3 Å². The average molecular weight is 473 g/mol. The Morgan fingerprint density at radius 1 is 1.06 bits per heavy atom. The minimum atomic E-state index is -0.514. The molecule has 4 heteroatoms. The van der Waals surface area contributed by atoms with Gasteiger partial charge in [0.05, 0.1) is 12.2 Å². The number of methoxy groups -OCH3 is 1. The molecule has 0 aliphatic heterocycles. The summed E-state index contributed by atoms with van der Waals surface area (Å²) in [5.74, 6) is 0.0816. The molecule has 4 atom stereocenters. The largest absolute Gasteiger partial charge is 0.458 e. The van der Waals surface area contributed by atoms with Crippen LogP contribution in [0.2, 0.25) is 0 Å². The maximum atomic E-state index is 12.5. The molecular formula is C30H48O4. The van der Waals surface area contributed by atoms with Crippen molar-refractivity contribution in [2.75, 3.05) is 7.11 Å². The second-order valence-corrected chi connectivity index (χ2v) is 9.22. The fraction of sp³-hybridized carbons (Fsp3) is 0.567. The highest BCUT2D eigenvalue weighted by Gasteiger charge is 2.22. The molecular weight excluding hydrogens is 424 g/mol. The minimum Gasteiger partial charge on any atom is -0.458 e. The molecule has 0 heterocycles. The van der Waals surface area contributed by atoms with Crippen molar-refractivity contribution in [3.63, 3.8) is 0 Å². The van der Waals surface area contributed by atoms with Crippen LogP contribution in [0.5, 0.6) is 0 Å². The van der Waals surface area contributed by atoms with Crippen LogP contribution in [-0.4, -0.2) is 36.5 Å². The smallest absolute Gasteiger partial charge is 0.334 e. The number of aliphatic hydroxyl groups is 1. The van der Waals surface area contributed by atoms with Gasteiger partial charge < -0.3 is 14.6 Å². The van der Waals surface area contributed by atoms with Gasteiger partial charge >= 0.3 is 5.97 Å². The van der Waals surface area contributed by atoms with Crippen molar-refractivity contribution < 1.29 is 19.4 Å². The summed E-state index contributed by atoms with van der Waals surface area (Å²) >= 11 is 0. The normalized spacial score (nSPS) is 17.2. The third-order valence-corrected chi connectivity index (χ3v) is 6.05. The van der Waals surface area contributed by atoms with Crippen LogP contribution in [0.15, 0.2) is 71.9 Å². The molecule has 0 unspecified atom stereocenters. The highest BCUT2D eigenvalue weighted by atomic mass is 16.5. The summed E-state index contributed by atoms with van der Waals surface area (Å²) in [5.41, 5.74) is 3.78. The van der Waals surface area contributed by atoms with Crippen molar-refractivity contribution in [3.05, 3.63) is 71.9 Å². The molecule has 0 fully saturated rings. The van der Waals surface area contributed by atoms with Gasteiger partial charge in [-0.15, -0.1) is 6.58 Å². The molecule has 4 nitrogen and oxygen atoms in total. The van der Waals surface area contributed by atoms with E-state index in [2.05, 4.69) is 66.0 Å². The van der Waals surface area contributed by atoms with E-state index >= 15 is 0 Å². The van der Waals surface area contributed by atoms with E-state index < -0.39 is 6.10 Å². The second kappa shape index (κ2) is 17.3. The van der Waals surface area contributed by atoms with E-state index in [0.717, 1.165) is 23.1 Å². The molecule has 0 amide bonds. The molecule has 0 aromatic rings. The van der Waals surface area contributed by atoms with E-state index in [4.69, 9.17) is 9.47 Å². The lowest BCUT2D eigenvalue weighted by molar-refractivity contribution is -0.146. The highest BCUT2D eigenvalue weighted by Crippen LogP contribution is 2.25. The van der Waals surface area contributed by atoms with Crippen LogP contribution in [0.25, 0.3) is 0 Å². The van der Waals surface area contributed by atoms with Gasteiger partial charge in [0.1, 0.15) is 6.10 Å². The van der Waals surface area contributed by atoms with Crippen molar-refractivity contribution in [1.82, 2.24) is 0 Å². The molecule has 192 valence electrons. The third-order valence-electron chi connectivity index (χ3n) is 6.05. The van der Waals surface area contributed by atoms with Crippen LogP contribution in [0.4, 0.5) is 0 Å². The van der Waals surface area contributed by atoms with E-state index in [1.165, 1.54) is 0 Å². The summed E-state index contributed by atoms with van der Waals surface area (Å²) in [7, 11) is 1.73. The molecule has 0 saturated heterocycles. The van der Waals surface area contributed by atoms with Gasteiger partial charge in [0, 0.05) is 25.0 Å². The van der Waals surface area contributed by atoms with Crippen molar-refractivity contribution in [2.45, 2.75) is 92.5 Å². The predicted molar refractivity (Wildman–Crippen MR) is 145 cm³/mol. The first-order chi connectivity index (χ1) is 16.1. The predicted octanol–water partition coefficient (Wildman–Crippen LogP) is 7.28. The van der Waals surface area contributed by atoms with E-state index in [9.17, 15) is 9.90 Å². The monoisotopic (exact) mass is 472 g/mol. The first-order valence-electron chi connectivity index (χ1n) is 12.4. The van der Waals surface area contributed by atoms with E-state index in [-0.39, 0.29) is 30.0 Å². The Morgan fingerprint density at radius 3 is 2.18 bits per heavy atom. The quantitative estimate of drug-likeness (QED) is 0.111. The van der Waals surface area contributed by atoms with Crippen LogP contribution in [0.1, 0.15) is 74.1 Å². The molecule has 34 heavy (non-hydrogen) atoms. The molecule has 0 rings (SSSR count). The summed E-state index contributed by atoms with van der Waals surface area (Å²) in [6.07, 6.45) is 13.3. The average Bonchev–Trinajstić information content (AvgIpc) is 2.79. The summed E-state index contributed by atoms with van der Waals surface area (Å²) in [6.45, 7) is 21.7. The first kappa shape index (κ1) is 31.8. The van der Waals surface area contributed by atoms with Gasteiger partial charge in [-0.2, -0.15) is 0 Å². The Hall–Kier alpha value is -2.17. The summed E-state index contributed by atoms with van der Waals surface area (Å²) < 4.78 is 11.7. The molecule has 0 aliphatic rings. The topological polar surface area (TPSA) is 55.8 Å². The minimum absolute atomic E-state index is 0.0888. The van der Waals surface area contributed by atoms with Gasteiger partial charge in [-0.3, -0.25) is 0 Å². The molecule has 0 aromatic heterocycles. The van der Waals surface area contributed by atoms with E-state index in [0.29, 0.717) is 24.8 Å². The van der Waals surface area contributed by atoms with Crippen molar-refractivity contribution in [3.8, 4) is 0 Å². The third kappa shape index (κ3) is 11.3. The van der Waals surface area contributed by atoms with Gasteiger partial charge in [0.15, 0.2) is 0 Å². The number of ether oxygens (including phenoxy) is 2. The zero-order valence-corrected chi connectivity index (χ0v) is 22.8. The van der Waals surface area contributed by atoms with Gasteiger partial charge in [0.2, 0.25) is 0 Å². The molecule has 0 saturated carbocycles. The Kier molecular flexibility index (Phi) is 16.2. The number of hydrogen-bond donors (Lipinski definition) is 1. The molecule has 0 spiro atoms. The number of rotatable bonds is 16. The highest BCUT2D eigenvalue weighted by molar-refractivity contribution is 5.88. The fourth-order valence-corrected chi connectivity index (χ4v) is 3.85. The molecule has 0 bridgehead atoms. The van der Waals surface area contributed by atoms with Crippen LogP contribution in [0.3, 0.4) is 0 Å². The second-order valence-electron chi connectivity index (χ2n) is 9.22. The lowest BCUT2D eigenvalue weighted by Crippen LogP contribution is -2.24. The zero-order chi connectivity index (χ0) is 26.3. The Labute approximate surface area is 208 Å². The fourth-order valence-electron chi connectivity index (χ4n) is 3.85. The van der Waals surface area contributed by atoms with E-state index in [1.807, 2.05) is 13.8 Å². The van der Waals surface area contributed by atoms with Gasteiger partial charge in [-0.25, -0.2) is 4.79 Å². The number of allylic oxidation sites excluding steroid dienone is 4. The maximum Gasteiger partial charge on any atom is 0.334 e.